The first-order valence-corrected chi connectivity index (χ1v) is 9.75. The summed E-state index contributed by atoms with van der Waals surface area (Å²) in [5, 5.41) is 6.09. The molecule has 0 bridgehead atoms. The van der Waals surface area contributed by atoms with Crippen molar-refractivity contribution < 1.29 is 4.79 Å². The van der Waals surface area contributed by atoms with E-state index in [0.29, 0.717) is 18.7 Å². The van der Waals surface area contributed by atoms with Crippen LogP contribution in [0.25, 0.3) is 32.8 Å². The molecule has 3 aromatic carbocycles. The van der Waals surface area contributed by atoms with Crippen molar-refractivity contribution in [2.24, 2.45) is 5.73 Å². The molecule has 0 aliphatic carbocycles. The number of H-pyrrole nitrogens is 1. The molecule has 4 rings (SSSR count). The monoisotopic (exact) mass is 421 g/mol. The van der Waals surface area contributed by atoms with Gasteiger partial charge in [0.25, 0.3) is 5.91 Å². The summed E-state index contributed by atoms with van der Waals surface area (Å²) in [6.45, 7) is 1.14. The minimum Gasteiger partial charge on any atom is -0.361 e. The SMILES string of the molecule is NCCCNC(=O)c1cc(-c2c[nH]c3ccc(Br)cc23)cc2ccccc12. The standard InChI is InChI=1S/C22H20BrN3O/c23-16-6-7-21-18(12-16)20(13-26-21)15-10-14-4-1-2-5-17(14)19(11-15)22(27)25-9-3-8-24/h1-2,4-7,10-13,26H,3,8-9,24H2,(H,25,27). The number of aromatic nitrogens is 1. The van der Waals surface area contributed by atoms with Gasteiger partial charge in [0.1, 0.15) is 0 Å². The van der Waals surface area contributed by atoms with Crippen molar-refractivity contribution in [1.82, 2.24) is 10.3 Å². The van der Waals surface area contributed by atoms with Crippen LogP contribution in [0.4, 0.5) is 0 Å². The van der Waals surface area contributed by atoms with Crippen LogP contribution in [-0.2, 0) is 0 Å². The molecule has 0 aliphatic rings. The Morgan fingerprint density at radius 1 is 1.07 bits per heavy atom. The molecule has 0 radical (unpaired) electrons. The summed E-state index contributed by atoms with van der Waals surface area (Å²) in [4.78, 5) is 16.1. The highest BCUT2D eigenvalue weighted by Gasteiger charge is 2.14. The molecule has 0 aliphatic heterocycles. The Bertz CT molecular complexity index is 1130. The highest BCUT2D eigenvalue weighted by atomic mass is 79.9. The second kappa shape index (κ2) is 7.55. The van der Waals surface area contributed by atoms with E-state index in [1.807, 2.05) is 48.7 Å². The number of hydrogen-bond donors (Lipinski definition) is 3. The molecular formula is C22H20BrN3O. The molecule has 0 fully saturated rings. The topological polar surface area (TPSA) is 70.9 Å². The van der Waals surface area contributed by atoms with Crippen LogP contribution in [0.1, 0.15) is 16.8 Å². The molecule has 27 heavy (non-hydrogen) atoms. The third-order valence-electron chi connectivity index (χ3n) is 4.73. The molecule has 1 aromatic heterocycles. The van der Waals surface area contributed by atoms with Crippen molar-refractivity contribution in [3.05, 3.63) is 70.8 Å². The van der Waals surface area contributed by atoms with Crippen LogP contribution >= 0.6 is 15.9 Å². The van der Waals surface area contributed by atoms with E-state index in [1.54, 1.807) is 0 Å². The third-order valence-corrected chi connectivity index (χ3v) is 5.22. The number of hydrogen-bond acceptors (Lipinski definition) is 2. The van der Waals surface area contributed by atoms with Gasteiger partial charge in [-0.2, -0.15) is 0 Å². The molecule has 0 saturated heterocycles. The molecule has 1 amide bonds. The number of halogens is 1. The van der Waals surface area contributed by atoms with Crippen LogP contribution in [-0.4, -0.2) is 24.0 Å². The highest BCUT2D eigenvalue weighted by Crippen LogP contribution is 2.34. The molecule has 0 atom stereocenters. The fourth-order valence-electron chi connectivity index (χ4n) is 3.38. The van der Waals surface area contributed by atoms with Gasteiger partial charge in [0.05, 0.1) is 0 Å². The van der Waals surface area contributed by atoms with Crippen molar-refractivity contribution in [3.63, 3.8) is 0 Å². The average molecular weight is 422 g/mol. The number of carbonyl (C=O) groups excluding carboxylic acids is 1. The minimum atomic E-state index is -0.0671. The summed E-state index contributed by atoms with van der Waals surface area (Å²) in [6.07, 6.45) is 2.76. The van der Waals surface area contributed by atoms with Crippen LogP contribution < -0.4 is 11.1 Å². The summed E-state index contributed by atoms with van der Waals surface area (Å²) in [7, 11) is 0. The highest BCUT2D eigenvalue weighted by molar-refractivity contribution is 9.10. The van der Waals surface area contributed by atoms with Gasteiger partial charge in [-0.3, -0.25) is 4.79 Å². The van der Waals surface area contributed by atoms with E-state index in [9.17, 15) is 4.79 Å². The van der Waals surface area contributed by atoms with Crippen molar-refractivity contribution in [3.8, 4) is 11.1 Å². The summed E-state index contributed by atoms with van der Waals surface area (Å²) >= 11 is 3.55. The Morgan fingerprint density at radius 2 is 1.93 bits per heavy atom. The molecular weight excluding hydrogens is 402 g/mol. The van der Waals surface area contributed by atoms with E-state index in [4.69, 9.17) is 5.73 Å². The smallest absolute Gasteiger partial charge is 0.251 e. The van der Waals surface area contributed by atoms with Gasteiger partial charge in [0.15, 0.2) is 0 Å². The molecule has 0 unspecified atom stereocenters. The van der Waals surface area contributed by atoms with Gasteiger partial charge >= 0.3 is 0 Å². The number of aromatic amines is 1. The van der Waals surface area contributed by atoms with Crippen molar-refractivity contribution >= 4 is 43.5 Å². The van der Waals surface area contributed by atoms with Gasteiger partial charge in [0, 0.05) is 39.2 Å². The molecule has 4 aromatic rings. The first-order valence-electron chi connectivity index (χ1n) is 8.95. The Labute approximate surface area is 165 Å². The van der Waals surface area contributed by atoms with Crippen molar-refractivity contribution in [1.29, 1.82) is 0 Å². The van der Waals surface area contributed by atoms with Gasteiger partial charge in [-0.15, -0.1) is 0 Å². The van der Waals surface area contributed by atoms with E-state index in [2.05, 4.69) is 38.4 Å². The van der Waals surface area contributed by atoms with Crippen LogP contribution in [0, 0.1) is 0 Å². The molecule has 0 spiro atoms. The Hall–Kier alpha value is -2.63. The van der Waals surface area contributed by atoms with Gasteiger partial charge < -0.3 is 16.0 Å². The van der Waals surface area contributed by atoms with E-state index >= 15 is 0 Å². The number of nitrogens with two attached hydrogens (primary N) is 1. The molecule has 4 N–H and O–H groups in total. The van der Waals surface area contributed by atoms with Crippen LogP contribution in [0.3, 0.4) is 0 Å². The number of carbonyl (C=O) groups is 1. The van der Waals surface area contributed by atoms with Gasteiger partial charge in [-0.05, 0) is 59.6 Å². The Kier molecular flexibility index (Phi) is 4.97. The summed E-state index contributed by atoms with van der Waals surface area (Å²) in [6, 6.07) is 18.2. The predicted octanol–water partition coefficient (Wildman–Crippen LogP) is 4.83. The first-order chi connectivity index (χ1) is 13.2. The zero-order chi connectivity index (χ0) is 18.8. The normalized spacial score (nSPS) is 11.2. The lowest BCUT2D eigenvalue weighted by Crippen LogP contribution is -2.26. The average Bonchev–Trinajstić information content (AvgIpc) is 3.10. The van der Waals surface area contributed by atoms with E-state index in [1.165, 1.54) is 0 Å². The zero-order valence-corrected chi connectivity index (χ0v) is 16.3. The second-order valence-electron chi connectivity index (χ2n) is 6.54. The number of fused-ring (bicyclic) bond motifs is 2. The lowest BCUT2D eigenvalue weighted by molar-refractivity contribution is 0.0955. The fraction of sp³-hybridized carbons (Fsp3) is 0.136. The Morgan fingerprint density at radius 3 is 2.78 bits per heavy atom. The number of nitrogens with one attached hydrogen (secondary N) is 2. The number of amides is 1. The van der Waals surface area contributed by atoms with Gasteiger partial charge in [-0.25, -0.2) is 0 Å². The summed E-state index contributed by atoms with van der Waals surface area (Å²) in [5.41, 5.74) is 9.38. The molecule has 1 heterocycles. The zero-order valence-electron chi connectivity index (χ0n) is 14.8. The number of benzene rings is 3. The summed E-state index contributed by atoms with van der Waals surface area (Å²) in [5.74, 6) is -0.0671. The predicted molar refractivity (Wildman–Crippen MR) is 115 cm³/mol. The molecule has 0 saturated carbocycles. The fourth-order valence-corrected chi connectivity index (χ4v) is 3.75. The Balaban J connectivity index is 1.86. The van der Waals surface area contributed by atoms with Crippen LogP contribution in [0.5, 0.6) is 0 Å². The maximum Gasteiger partial charge on any atom is 0.251 e. The minimum absolute atomic E-state index is 0.0671. The van der Waals surface area contributed by atoms with Crippen LogP contribution in [0.2, 0.25) is 0 Å². The van der Waals surface area contributed by atoms with Gasteiger partial charge in [-0.1, -0.05) is 40.2 Å². The largest absolute Gasteiger partial charge is 0.361 e. The van der Waals surface area contributed by atoms with Crippen molar-refractivity contribution in [2.75, 3.05) is 13.1 Å². The molecule has 136 valence electrons. The molecule has 5 heteroatoms. The third kappa shape index (κ3) is 3.48. The van der Waals surface area contributed by atoms with E-state index < -0.39 is 0 Å². The lowest BCUT2D eigenvalue weighted by Gasteiger charge is -2.11. The molecule has 4 nitrogen and oxygen atoms in total. The summed E-state index contributed by atoms with van der Waals surface area (Å²) < 4.78 is 1.02. The van der Waals surface area contributed by atoms with E-state index in [0.717, 1.165) is 43.7 Å². The second-order valence-corrected chi connectivity index (χ2v) is 7.45. The van der Waals surface area contributed by atoms with E-state index in [-0.39, 0.29) is 5.91 Å². The maximum absolute atomic E-state index is 12.8. The number of rotatable bonds is 5. The lowest BCUT2D eigenvalue weighted by atomic mass is 9.96. The van der Waals surface area contributed by atoms with Crippen LogP contribution in [0.15, 0.2) is 65.3 Å². The van der Waals surface area contributed by atoms with Gasteiger partial charge in [0.2, 0.25) is 0 Å². The maximum atomic E-state index is 12.8. The first kappa shape index (κ1) is 17.8. The quantitative estimate of drug-likeness (QED) is 0.403. The van der Waals surface area contributed by atoms with Crippen molar-refractivity contribution in [2.45, 2.75) is 6.42 Å².